The zero-order valence-corrected chi connectivity index (χ0v) is 17.7. The molecule has 0 aromatic heterocycles. The SMILES string of the molecule is CCNC(=NCC1CCN(S(=O)(=O)C(F)(F)F)CC1)NC1CCN(C2CC2)CC1. The predicted octanol–water partition coefficient (Wildman–Crippen LogP) is 1.73. The molecule has 0 bridgehead atoms. The molecule has 0 spiro atoms. The monoisotopic (exact) mass is 439 g/mol. The molecule has 0 amide bonds. The summed E-state index contributed by atoms with van der Waals surface area (Å²) in [4.78, 5) is 7.18. The lowest BCUT2D eigenvalue weighted by Crippen LogP contribution is -2.49. The smallest absolute Gasteiger partial charge is 0.357 e. The van der Waals surface area contributed by atoms with Crippen molar-refractivity contribution in [2.45, 2.75) is 63.0 Å². The molecule has 0 atom stereocenters. The average Bonchev–Trinajstić information content (AvgIpc) is 3.52. The van der Waals surface area contributed by atoms with E-state index < -0.39 is 15.5 Å². The lowest BCUT2D eigenvalue weighted by Gasteiger charge is -2.33. The summed E-state index contributed by atoms with van der Waals surface area (Å²) in [5, 5.41) is 6.73. The van der Waals surface area contributed by atoms with E-state index in [1.165, 1.54) is 12.8 Å². The van der Waals surface area contributed by atoms with Crippen molar-refractivity contribution in [3.63, 3.8) is 0 Å². The predicted molar refractivity (Wildman–Crippen MR) is 106 cm³/mol. The summed E-state index contributed by atoms with van der Waals surface area (Å²) in [6.07, 6.45) is 5.58. The van der Waals surface area contributed by atoms with Crippen LogP contribution in [0.3, 0.4) is 0 Å². The maximum absolute atomic E-state index is 12.7. The van der Waals surface area contributed by atoms with Gasteiger partial charge in [-0.1, -0.05) is 0 Å². The van der Waals surface area contributed by atoms with E-state index in [2.05, 4.69) is 20.5 Å². The van der Waals surface area contributed by atoms with Gasteiger partial charge in [0, 0.05) is 51.4 Å². The van der Waals surface area contributed by atoms with Gasteiger partial charge >= 0.3 is 15.5 Å². The molecule has 1 saturated carbocycles. The Hall–Kier alpha value is -1.07. The van der Waals surface area contributed by atoms with Crippen molar-refractivity contribution in [2.24, 2.45) is 10.9 Å². The normalized spacial score (nSPS) is 24.6. The van der Waals surface area contributed by atoms with Gasteiger partial charge in [0.15, 0.2) is 5.96 Å². The fourth-order valence-electron chi connectivity index (χ4n) is 4.06. The van der Waals surface area contributed by atoms with Crippen LogP contribution in [0.2, 0.25) is 0 Å². The van der Waals surface area contributed by atoms with E-state index in [1.54, 1.807) is 0 Å². The van der Waals surface area contributed by atoms with Crippen LogP contribution in [-0.2, 0) is 10.0 Å². The molecule has 3 rings (SSSR count). The third-order valence-corrected chi connectivity index (χ3v) is 7.62. The van der Waals surface area contributed by atoms with Gasteiger partial charge in [0.05, 0.1) is 0 Å². The van der Waals surface area contributed by atoms with Crippen LogP contribution < -0.4 is 10.6 Å². The fourth-order valence-corrected chi connectivity index (χ4v) is 5.05. The zero-order valence-electron chi connectivity index (χ0n) is 16.9. The third-order valence-electron chi connectivity index (χ3n) is 5.99. The van der Waals surface area contributed by atoms with Crippen LogP contribution in [0.1, 0.15) is 45.4 Å². The molecule has 1 aliphatic carbocycles. The quantitative estimate of drug-likeness (QED) is 0.487. The van der Waals surface area contributed by atoms with E-state index >= 15 is 0 Å². The minimum absolute atomic E-state index is 0.0850. The molecule has 3 aliphatic rings. The van der Waals surface area contributed by atoms with Crippen LogP contribution in [0.15, 0.2) is 4.99 Å². The van der Waals surface area contributed by atoms with E-state index in [4.69, 9.17) is 0 Å². The topological polar surface area (TPSA) is 77.0 Å². The Kier molecular flexibility index (Phi) is 7.32. The highest BCUT2D eigenvalue weighted by atomic mass is 32.2. The highest BCUT2D eigenvalue weighted by Crippen LogP contribution is 2.31. The minimum Gasteiger partial charge on any atom is -0.357 e. The number of rotatable bonds is 6. The Labute approximate surface area is 171 Å². The molecular weight excluding hydrogens is 407 g/mol. The summed E-state index contributed by atoms with van der Waals surface area (Å²) in [5.41, 5.74) is -5.23. The van der Waals surface area contributed by atoms with E-state index in [9.17, 15) is 21.6 Å². The van der Waals surface area contributed by atoms with E-state index in [-0.39, 0.29) is 19.0 Å². The standard InChI is InChI=1S/C18H32F3N5O2S/c1-2-22-17(24-15-7-9-25(10-8-15)16-3-4-16)23-13-14-5-11-26(12-6-14)29(27,28)18(19,20)21/h14-16H,2-13H2,1H3,(H2,22,23,24). The van der Waals surface area contributed by atoms with Gasteiger partial charge in [-0.3, -0.25) is 4.99 Å². The molecule has 2 heterocycles. The van der Waals surface area contributed by atoms with Crippen molar-refractivity contribution >= 4 is 16.0 Å². The van der Waals surface area contributed by atoms with E-state index in [0.29, 0.717) is 29.7 Å². The summed E-state index contributed by atoms with van der Waals surface area (Å²) in [5.74, 6) is 0.824. The van der Waals surface area contributed by atoms with Crippen molar-refractivity contribution < 1.29 is 21.6 Å². The number of guanidine groups is 1. The third kappa shape index (κ3) is 5.97. The van der Waals surface area contributed by atoms with Crippen LogP contribution in [0.5, 0.6) is 0 Å². The number of sulfonamides is 1. The first-order valence-corrected chi connectivity index (χ1v) is 12.0. The number of aliphatic imine (C=N–C) groups is 1. The second kappa shape index (κ2) is 9.38. The van der Waals surface area contributed by atoms with E-state index in [1.807, 2.05) is 6.92 Å². The van der Waals surface area contributed by atoms with E-state index in [0.717, 1.165) is 44.5 Å². The largest absolute Gasteiger partial charge is 0.511 e. The molecular formula is C18H32F3N5O2S. The average molecular weight is 440 g/mol. The van der Waals surface area contributed by atoms with Gasteiger partial charge in [-0.15, -0.1) is 0 Å². The number of hydrogen-bond donors (Lipinski definition) is 2. The second-order valence-corrected chi connectivity index (χ2v) is 10.1. The first-order chi connectivity index (χ1) is 13.7. The van der Waals surface area contributed by atoms with Crippen LogP contribution in [0.25, 0.3) is 0 Å². The summed E-state index contributed by atoms with van der Waals surface area (Å²) >= 11 is 0. The maximum atomic E-state index is 12.7. The van der Waals surface area contributed by atoms with Crippen molar-refractivity contribution in [3.05, 3.63) is 0 Å². The summed E-state index contributed by atoms with van der Waals surface area (Å²) < 4.78 is 61.6. The Morgan fingerprint density at radius 3 is 2.17 bits per heavy atom. The second-order valence-electron chi connectivity index (χ2n) is 8.20. The molecule has 7 nitrogen and oxygen atoms in total. The summed E-state index contributed by atoms with van der Waals surface area (Å²) in [6, 6.07) is 1.17. The van der Waals surface area contributed by atoms with Crippen molar-refractivity contribution in [2.75, 3.05) is 39.3 Å². The summed E-state index contributed by atoms with van der Waals surface area (Å²) in [7, 11) is -5.22. The number of nitrogens with one attached hydrogen (secondary N) is 2. The molecule has 0 unspecified atom stereocenters. The highest BCUT2D eigenvalue weighted by molar-refractivity contribution is 7.90. The molecule has 2 N–H and O–H groups in total. The number of nitrogens with zero attached hydrogens (tertiary/aromatic N) is 3. The van der Waals surface area contributed by atoms with Gasteiger partial charge in [-0.05, 0) is 51.4 Å². The first kappa shape index (κ1) is 22.6. The number of likely N-dealkylation sites (tertiary alicyclic amines) is 1. The van der Waals surface area contributed by atoms with Gasteiger partial charge < -0.3 is 15.5 Å². The Morgan fingerprint density at radius 2 is 1.66 bits per heavy atom. The van der Waals surface area contributed by atoms with Gasteiger partial charge in [0.2, 0.25) is 0 Å². The highest BCUT2D eigenvalue weighted by Gasteiger charge is 2.50. The lowest BCUT2D eigenvalue weighted by molar-refractivity contribution is -0.0496. The molecule has 0 aromatic rings. The van der Waals surface area contributed by atoms with Gasteiger partial charge in [-0.2, -0.15) is 17.5 Å². The van der Waals surface area contributed by atoms with Crippen LogP contribution in [-0.4, -0.2) is 80.4 Å². The van der Waals surface area contributed by atoms with Crippen LogP contribution >= 0.6 is 0 Å². The molecule has 0 radical (unpaired) electrons. The molecule has 0 aromatic carbocycles. The number of piperidine rings is 2. The Morgan fingerprint density at radius 1 is 1.03 bits per heavy atom. The number of alkyl halides is 3. The fraction of sp³-hybridized carbons (Fsp3) is 0.944. The van der Waals surface area contributed by atoms with Gasteiger partial charge in [0.25, 0.3) is 0 Å². The number of hydrogen-bond acceptors (Lipinski definition) is 4. The van der Waals surface area contributed by atoms with Gasteiger partial charge in [0.1, 0.15) is 0 Å². The molecule has 29 heavy (non-hydrogen) atoms. The summed E-state index contributed by atoms with van der Waals surface area (Å²) in [6.45, 7) is 5.21. The lowest BCUT2D eigenvalue weighted by atomic mass is 9.98. The first-order valence-electron chi connectivity index (χ1n) is 10.6. The van der Waals surface area contributed by atoms with Crippen LogP contribution in [0.4, 0.5) is 13.2 Å². The maximum Gasteiger partial charge on any atom is 0.511 e. The Bertz CT molecular complexity index is 665. The number of halogens is 3. The molecule has 2 aliphatic heterocycles. The van der Waals surface area contributed by atoms with Crippen LogP contribution in [0, 0.1) is 5.92 Å². The molecule has 11 heteroatoms. The molecule has 3 fully saturated rings. The molecule has 168 valence electrons. The zero-order chi connectivity index (χ0) is 21.1. The Balaban J connectivity index is 1.46. The minimum atomic E-state index is -5.23. The van der Waals surface area contributed by atoms with Crippen molar-refractivity contribution in [3.8, 4) is 0 Å². The van der Waals surface area contributed by atoms with Crippen molar-refractivity contribution in [1.82, 2.24) is 19.8 Å². The molecule has 2 saturated heterocycles. The van der Waals surface area contributed by atoms with Crippen molar-refractivity contribution in [1.29, 1.82) is 0 Å². The van der Waals surface area contributed by atoms with Gasteiger partial charge in [-0.25, -0.2) is 8.42 Å².